The molecule has 0 radical (unpaired) electrons. The minimum Gasteiger partial charge on any atom is -0.298 e. The molecule has 0 bridgehead atoms. The summed E-state index contributed by atoms with van der Waals surface area (Å²) in [5.74, 6) is 0.969. The molecule has 0 atom stereocenters. The first-order valence-corrected chi connectivity index (χ1v) is 6.24. The molecule has 1 aromatic carbocycles. The Bertz CT molecular complexity index is 671. The molecule has 0 fully saturated rings. The summed E-state index contributed by atoms with van der Waals surface area (Å²) in [6.45, 7) is 2.09. The molecule has 0 aliphatic rings. The number of halogens is 1. The predicted molar refractivity (Wildman–Crippen MR) is 73.1 cm³/mol. The van der Waals surface area contributed by atoms with Gasteiger partial charge in [0.05, 0.1) is 5.52 Å². The number of rotatable bonds is 1. The quantitative estimate of drug-likeness (QED) is 0.659. The Labute approximate surface area is 108 Å². The molecule has 0 aliphatic heterocycles. The molecule has 3 rings (SSSR count). The van der Waals surface area contributed by atoms with E-state index in [-0.39, 0.29) is 0 Å². The van der Waals surface area contributed by atoms with Crippen LogP contribution >= 0.6 is 15.9 Å². The highest BCUT2D eigenvalue weighted by Crippen LogP contribution is 2.26. The number of imidazole rings is 1. The van der Waals surface area contributed by atoms with Gasteiger partial charge in [0, 0.05) is 11.8 Å². The third kappa shape index (κ3) is 1.76. The third-order valence-corrected chi connectivity index (χ3v) is 3.36. The van der Waals surface area contributed by atoms with Crippen LogP contribution in [0.15, 0.2) is 53.3 Å². The van der Waals surface area contributed by atoms with Gasteiger partial charge >= 0.3 is 0 Å². The minimum atomic E-state index is 0.886. The molecule has 0 amide bonds. The average molecular weight is 287 g/mol. The fourth-order valence-corrected chi connectivity index (χ4v) is 2.44. The number of aryl methyl sites for hydroxylation is 1. The van der Waals surface area contributed by atoms with Crippen LogP contribution < -0.4 is 0 Å². The first-order valence-electron chi connectivity index (χ1n) is 5.45. The van der Waals surface area contributed by atoms with Gasteiger partial charge in [0.2, 0.25) is 0 Å². The number of pyridine rings is 1. The van der Waals surface area contributed by atoms with Gasteiger partial charge in [-0.1, -0.05) is 36.4 Å². The Kier molecular flexibility index (Phi) is 2.48. The van der Waals surface area contributed by atoms with Gasteiger partial charge in [-0.3, -0.25) is 4.40 Å². The Balaban J connectivity index is 2.34. The zero-order chi connectivity index (χ0) is 11.8. The van der Waals surface area contributed by atoms with Crippen LogP contribution in [0.25, 0.3) is 16.9 Å². The second-order valence-electron chi connectivity index (χ2n) is 4.05. The van der Waals surface area contributed by atoms with Crippen molar-refractivity contribution in [3.05, 3.63) is 58.8 Å². The van der Waals surface area contributed by atoms with Gasteiger partial charge in [-0.2, -0.15) is 0 Å². The summed E-state index contributed by atoms with van der Waals surface area (Å²) in [4.78, 5) is 4.58. The normalized spacial score (nSPS) is 10.9. The van der Waals surface area contributed by atoms with Crippen molar-refractivity contribution < 1.29 is 0 Å². The molecule has 0 N–H and O–H groups in total. The van der Waals surface area contributed by atoms with Crippen molar-refractivity contribution in [2.45, 2.75) is 6.92 Å². The maximum atomic E-state index is 4.58. The van der Waals surface area contributed by atoms with Crippen molar-refractivity contribution in [1.29, 1.82) is 0 Å². The van der Waals surface area contributed by atoms with Crippen LogP contribution in [0.5, 0.6) is 0 Å². The molecule has 3 aromatic rings. The molecule has 2 aromatic heterocycles. The van der Waals surface area contributed by atoms with E-state index in [1.165, 1.54) is 5.56 Å². The fourth-order valence-electron chi connectivity index (χ4n) is 1.95. The van der Waals surface area contributed by atoms with E-state index >= 15 is 0 Å². The van der Waals surface area contributed by atoms with Crippen molar-refractivity contribution in [1.82, 2.24) is 9.38 Å². The monoisotopic (exact) mass is 286 g/mol. The predicted octanol–water partition coefficient (Wildman–Crippen LogP) is 4.07. The van der Waals surface area contributed by atoms with Crippen molar-refractivity contribution in [2.24, 2.45) is 0 Å². The number of hydrogen-bond acceptors (Lipinski definition) is 1. The van der Waals surface area contributed by atoms with Gasteiger partial charge in [-0.25, -0.2) is 4.98 Å². The molecule has 3 heteroatoms. The van der Waals surface area contributed by atoms with Gasteiger partial charge in [0.15, 0.2) is 0 Å². The Hall–Kier alpha value is -1.61. The van der Waals surface area contributed by atoms with Crippen molar-refractivity contribution in [2.75, 3.05) is 0 Å². The summed E-state index contributed by atoms with van der Waals surface area (Å²) in [6.07, 6.45) is 2.11. The summed E-state index contributed by atoms with van der Waals surface area (Å²) < 4.78 is 3.01. The molecule has 2 heterocycles. The number of aromatic nitrogens is 2. The minimum absolute atomic E-state index is 0.886. The maximum Gasteiger partial charge on any atom is 0.145 e. The summed E-state index contributed by atoms with van der Waals surface area (Å²) in [6, 6.07) is 14.4. The first-order chi connectivity index (χ1) is 8.25. The first kappa shape index (κ1) is 10.5. The molecule has 2 nitrogen and oxygen atoms in total. The molecule has 0 spiro atoms. The van der Waals surface area contributed by atoms with E-state index in [9.17, 15) is 0 Å². The van der Waals surface area contributed by atoms with E-state index < -0.39 is 0 Å². The number of fused-ring (bicyclic) bond motifs is 1. The summed E-state index contributed by atoms with van der Waals surface area (Å²) in [5.41, 5.74) is 3.44. The van der Waals surface area contributed by atoms with Gasteiger partial charge in [-0.05, 0) is 34.5 Å². The smallest absolute Gasteiger partial charge is 0.145 e. The molecule has 84 valence electrons. The second-order valence-corrected chi connectivity index (χ2v) is 4.81. The zero-order valence-corrected chi connectivity index (χ0v) is 11.0. The highest BCUT2D eigenvalue weighted by atomic mass is 79.9. The Morgan fingerprint density at radius 2 is 1.82 bits per heavy atom. The highest BCUT2D eigenvalue weighted by Gasteiger charge is 2.10. The number of hydrogen-bond donors (Lipinski definition) is 0. The van der Waals surface area contributed by atoms with E-state index in [1.54, 1.807) is 0 Å². The highest BCUT2D eigenvalue weighted by molar-refractivity contribution is 9.10. The van der Waals surface area contributed by atoms with Gasteiger partial charge in [0.25, 0.3) is 0 Å². The summed E-state index contributed by atoms with van der Waals surface area (Å²) in [7, 11) is 0. The molecule has 0 unspecified atom stereocenters. The lowest BCUT2D eigenvalue weighted by Gasteiger charge is -2.02. The van der Waals surface area contributed by atoms with Crippen LogP contribution in [-0.2, 0) is 0 Å². The van der Waals surface area contributed by atoms with Crippen LogP contribution in [0.1, 0.15) is 5.56 Å². The third-order valence-electron chi connectivity index (χ3n) is 2.77. The van der Waals surface area contributed by atoms with Crippen molar-refractivity contribution in [3.63, 3.8) is 0 Å². The molecular weight excluding hydrogens is 276 g/mol. The second kappa shape index (κ2) is 4.00. The lowest BCUT2D eigenvalue weighted by Crippen LogP contribution is -1.89. The SMILES string of the molecule is Cc1ccc2c(Br)nc(-c3ccccc3)n2c1. The maximum absolute atomic E-state index is 4.58. The summed E-state index contributed by atoms with van der Waals surface area (Å²) in [5, 5.41) is 0. The number of benzene rings is 1. The lowest BCUT2D eigenvalue weighted by atomic mass is 10.2. The van der Waals surface area contributed by atoms with Crippen molar-refractivity contribution in [3.8, 4) is 11.4 Å². The van der Waals surface area contributed by atoms with Crippen molar-refractivity contribution >= 4 is 21.4 Å². The summed E-state index contributed by atoms with van der Waals surface area (Å²) >= 11 is 3.51. The van der Waals surface area contributed by atoms with Crippen LogP contribution in [0.3, 0.4) is 0 Å². The van der Waals surface area contributed by atoms with E-state index in [0.29, 0.717) is 0 Å². The van der Waals surface area contributed by atoms with E-state index in [0.717, 1.165) is 21.5 Å². The van der Waals surface area contributed by atoms with Gasteiger partial charge in [-0.15, -0.1) is 0 Å². The topological polar surface area (TPSA) is 17.3 Å². The molecular formula is C14H11BrN2. The van der Waals surface area contributed by atoms with Gasteiger partial charge in [0.1, 0.15) is 10.4 Å². The average Bonchev–Trinajstić information content (AvgIpc) is 2.67. The number of nitrogens with zero attached hydrogens (tertiary/aromatic N) is 2. The molecule has 17 heavy (non-hydrogen) atoms. The van der Waals surface area contributed by atoms with E-state index in [4.69, 9.17) is 0 Å². The molecule has 0 saturated carbocycles. The fraction of sp³-hybridized carbons (Fsp3) is 0.0714. The van der Waals surface area contributed by atoms with Gasteiger partial charge < -0.3 is 0 Å². The Morgan fingerprint density at radius 3 is 2.59 bits per heavy atom. The molecule has 0 saturated heterocycles. The molecule has 0 aliphatic carbocycles. The van der Waals surface area contributed by atoms with Crippen LogP contribution in [-0.4, -0.2) is 9.38 Å². The van der Waals surface area contributed by atoms with E-state index in [2.05, 4.69) is 62.7 Å². The lowest BCUT2D eigenvalue weighted by molar-refractivity contribution is 1.14. The standard InChI is InChI=1S/C14H11BrN2/c1-10-7-8-12-13(15)16-14(17(12)9-10)11-5-3-2-4-6-11/h2-9H,1H3. The van der Waals surface area contributed by atoms with E-state index in [1.807, 2.05) is 18.2 Å². The Morgan fingerprint density at radius 1 is 1.06 bits per heavy atom. The van der Waals surface area contributed by atoms with Crippen LogP contribution in [0.2, 0.25) is 0 Å². The zero-order valence-electron chi connectivity index (χ0n) is 9.39. The van der Waals surface area contributed by atoms with Crippen LogP contribution in [0.4, 0.5) is 0 Å². The largest absolute Gasteiger partial charge is 0.298 e. The van der Waals surface area contributed by atoms with Crippen LogP contribution in [0, 0.1) is 6.92 Å².